The van der Waals surface area contributed by atoms with Gasteiger partial charge in [0.15, 0.2) is 0 Å². The van der Waals surface area contributed by atoms with E-state index < -0.39 is 11.9 Å². The average molecular weight is 511 g/mol. The van der Waals surface area contributed by atoms with Gasteiger partial charge in [0.05, 0.1) is 24.0 Å². The summed E-state index contributed by atoms with van der Waals surface area (Å²) in [6, 6.07) is 13.9. The Bertz CT molecular complexity index is 796. The van der Waals surface area contributed by atoms with Gasteiger partial charge in [0.2, 0.25) is 0 Å². The molecule has 2 saturated carbocycles. The summed E-state index contributed by atoms with van der Waals surface area (Å²) >= 11 is 11.0. The van der Waals surface area contributed by atoms with E-state index in [4.69, 9.17) is 23.2 Å². The summed E-state index contributed by atoms with van der Waals surface area (Å²) in [6.07, 6.45) is 14.1. The van der Waals surface area contributed by atoms with Gasteiger partial charge in [-0.2, -0.15) is 0 Å². The van der Waals surface area contributed by atoms with Gasteiger partial charge in [0, 0.05) is 21.2 Å². The zero-order valence-electron chi connectivity index (χ0n) is 19.6. The van der Waals surface area contributed by atoms with Crippen molar-refractivity contribution >= 4 is 35.1 Å². The lowest BCUT2D eigenvalue weighted by Gasteiger charge is -2.12. The maximum absolute atomic E-state index is 10.2. The molecule has 2 aromatic carbocycles. The van der Waals surface area contributed by atoms with E-state index in [1.807, 2.05) is 0 Å². The lowest BCUT2D eigenvalue weighted by atomic mass is 9.97. The third-order valence-electron chi connectivity index (χ3n) is 5.64. The van der Waals surface area contributed by atoms with Gasteiger partial charge in [-0.15, -0.1) is 0 Å². The first-order valence-electron chi connectivity index (χ1n) is 11.8. The molecular formula is C26H36Cl2N2O4. The van der Waals surface area contributed by atoms with E-state index in [9.17, 15) is 19.8 Å². The van der Waals surface area contributed by atoms with Crippen molar-refractivity contribution in [1.29, 1.82) is 0 Å². The van der Waals surface area contributed by atoms with Crippen LogP contribution in [0.5, 0.6) is 0 Å². The molecule has 0 bridgehead atoms. The van der Waals surface area contributed by atoms with Crippen LogP contribution in [0.25, 0.3) is 0 Å². The molecule has 0 amide bonds. The van der Waals surface area contributed by atoms with Gasteiger partial charge in [-0.05, 0) is 63.5 Å². The minimum atomic E-state index is -1.24. The van der Waals surface area contributed by atoms with Crippen LogP contribution in [0.4, 0.5) is 0 Å². The van der Waals surface area contributed by atoms with Crippen LogP contribution in [0.15, 0.2) is 48.5 Å². The summed E-state index contributed by atoms with van der Waals surface area (Å²) in [4.78, 5) is 20.5. The number of rotatable bonds is 2. The molecule has 2 fully saturated rings. The van der Waals surface area contributed by atoms with Crippen molar-refractivity contribution in [1.82, 2.24) is 0 Å². The van der Waals surface area contributed by atoms with Crippen molar-refractivity contribution in [2.75, 3.05) is 0 Å². The van der Waals surface area contributed by atoms with E-state index >= 15 is 0 Å². The summed E-state index contributed by atoms with van der Waals surface area (Å²) in [5, 5.41) is 20.9. The lowest BCUT2D eigenvalue weighted by molar-refractivity contribution is -0.425. The van der Waals surface area contributed by atoms with E-state index in [1.165, 1.54) is 88.5 Å². The number of quaternary nitrogens is 2. The maximum Gasteiger partial charge on any atom is 0.0843 e. The SMILES string of the molecule is O=C([O-])c1ccccc1Cl.O=C([O-])c1ccccc1Cl.[NH3+]C1CCCCC1.[NH3+]C1CCCCC1. The summed E-state index contributed by atoms with van der Waals surface area (Å²) in [6.45, 7) is 0. The summed E-state index contributed by atoms with van der Waals surface area (Å²) in [5.41, 5.74) is 8.06. The fourth-order valence-electron chi connectivity index (χ4n) is 3.63. The smallest absolute Gasteiger partial charge is 0.0843 e. The van der Waals surface area contributed by atoms with Crippen molar-refractivity contribution in [3.63, 3.8) is 0 Å². The van der Waals surface area contributed by atoms with Crippen molar-refractivity contribution in [3.8, 4) is 0 Å². The fraction of sp³-hybridized carbons (Fsp3) is 0.462. The van der Waals surface area contributed by atoms with E-state index in [0.29, 0.717) is 0 Å². The van der Waals surface area contributed by atoms with Crippen molar-refractivity contribution in [2.45, 2.75) is 76.3 Å². The minimum Gasteiger partial charge on any atom is -0.545 e. The Morgan fingerprint density at radius 1 is 0.618 bits per heavy atom. The number of hydrogen-bond acceptors (Lipinski definition) is 4. The largest absolute Gasteiger partial charge is 0.545 e. The fourth-order valence-corrected chi connectivity index (χ4v) is 4.05. The van der Waals surface area contributed by atoms with Crippen LogP contribution in [-0.4, -0.2) is 24.0 Å². The highest BCUT2D eigenvalue weighted by molar-refractivity contribution is 6.33. The zero-order chi connectivity index (χ0) is 25.3. The van der Waals surface area contributed by atoms with Crippen molar-refractivity contribution < 1.29 is 31.3 Å². The molecule has 8 heteroatoms. The molecule has 2 aromatic rings. The van der Waals surface area contributed by atoms with Crippen LogP contribution in [0.3, 0.4) is 0 Å². The van der Waals surface area contributed by atoms with Crippen LogP contribution >= 0.6 is 23.2 Å². The Labute approximate surface area is 212 Å². The van der Waals surface area contributed by atoms with E-state index in [-0.39, 0.29) is 21.2 Å². The molecule has 0 aliphatic heterocycles. The van der Waals surface area contributed by atoms with E-state index in [2.05, 4.69) is 11.5 Å². The van der Waals surface area contributed by atoms with E-state index in [0.717, 1.165) is 12.1 Å². The third kappa shape index (κ3) is 12.9. The number of benzene rings is 2. The van der Waals surface area contributed by atoms with Crippen molar-refractivity contribution in [2.24, 2.45) is 0 Å². The first-order chi connectivity index (χ1) is 16.2. The zero-order valence-corrected chi connectivity index (χ0v) is 21.2. The molecule has 0 heterocycles. The second-order valence-electron chi connectivity index (χ2n) is 8.54. The average Bonchev–Trinajstić information content (AvgIpc) is 2.82. The first-order valence-corrected chi connectivity index (χ1v) is 12.6. The predicted molar refractivity (Wildman–Crippen MR) is 131 cm³/mol. The predicted octanol–water partition coefficient (Wildman–Crippen LogP) is 2.53. The highest BCUT2D eigenvalue weighted by atomic mass is 35.5. The maximum atomic E-state index is 10.2. The number of carboxylic acid groups (broad SMARTS) is 2. The highest BCUT2D eigenvalue weighted by Gasteiger charge is 2.10. The van der Waals surface area contributed by atoms with Crippen molar-refractivity contribution in [3.05, 3.63) is 69.7 Å². The molecule has 6 nitrogen and oxygen atoms in total. The molecule has 0 radical (unpaired) electrons. The number of carboxylic acids is 2. The third-order valence-corrected chi connectivity index (χ3v) is 6.30. The molecule has 0 unspecified atom stereocenters. The Hall–Kier alpha value is -2.12. The van der Waals surface area contributed by atoms with Gasteiger partial charge in [0.25, 0.3) is 0 Å². The number of carbonyl (C=O) groups is 2. The van der Waals surface area contributed by atoms with Gasteiger partial charge in [-0.25, -0.2) is 0 Å². The molecule has 0 saturated heterocycles. The summed E-state index contributed by atoms with van der Waals surface area (Å²) < 4.78 is 0. The van der Waals surface area contributed by atoms with Gasteiger partial charge < -0.3 is 31.3 Å². The molecule has 188 valence electrons. The Kier molecular flexibility index (Phi) is 15.3. The topological polar surface area (TPSA) is 136 Å². The lowest BCUT2D eigenvalue weighted by Crippen LogP contribution is -2.61. The quantitative estimate of drug-likeness (QED) is 0.640. The molecule has 4 rings (SSSR count). The van der Waals surface area contributed by atoms with Crippen LogP contribution in [0.1, 0.15) is 84.9 Å². The number of hydrogen-bond donors (Lipinski definition) is 2. The minimum absolute atomic E-state index is 0.0316. The van der Waals surface area contributed by atoms with Gasteiger partial charge >= 0.3 is 0 Å². The Balaban J connectivity index is 0.000000230. The summed E-state index contributed by atoms with van der Waals surface area (Å²) in [5.74, 6) is -2.49. The second-order valence-corrected chi connectivity index (χ2v) is 9.36. The standard InChI is InChI=1S/2C7H5ClO2.2C6H13N/c2*8-6-4-2-1-3-5(6)7(9)10;2*7-6-4-2-1-3-5-6/h2*1-4H,(H,9,10);2*6H,1-5,7H2. The van der Waals surface area contributed by atoms with E-state index in [1.54, 1.807) is 24.3 Å². The molecule has 0 atom stereocenters. The van der Waals surface area contributed by atoms with Crippen LogP contribution in [-0.2, 0) is 0 Å². The molecule has 0 spiro atoms. The highest BCUT2D eigenvalue weighted by Crippen LogP contribution is 2.15. The van der Waals surface area contributed by atoms with Crippen LogP contribution in [0.2, 0.25) is 10.0 Å². The van der Waals surface area contributed by atoms with Gasteiger partial charge in [-0.1, -0.05) is 72.4 Å². The monoisotopic (exact) mass is 510 g/mol. The molecule has 2 aliphatic rings. The van der Waals surface area contributed by atoms with Gasteiger partial charge in [-0.3, -0.25) is 0 Å². The molecule has 0 aromatic heterocycles. The number of halogens is 2. The Morgan fingerprint density at radius 2 is 0.912 bits per heavy atom. The van der Waals surface area contributed by atoms with Gasteiger partial charge in [0.1, 0.15) is 0 Å². The first kappa shape index (κ1) is 29.9. The normalized spacial score (nSPS) is 15.9. The summed E-state index contributed by atoms with van der Waals surface area (Å²) in [7, 11) is 0. The molecule has 34 heavy (non-hydrogen) atoms. The van der Waals surface area contributed by atoms with Crippen LogP contribution in [0, 0.1) is 0 Å². The Morgan fingerprint density at radius 3 is 1.09 bits per heavy atom. The number of aromatic carboxylic acids is 2. The molecule has 2 aliphatic carbocycles. The second kappa shape index (κ2) is 17.3. The molecular weight excluding hydrogens is 475 g/mol. The number of carbonyl (C=O) groups excluding carboxylic acids is 2. The van der Waals surface area contributed by atoms with Crippen LogP contribution < -0.4 is 21.7 Å². The molecule has 6 N–H and O–H groups in total.